The first-order valence-electron chi connectivity index (χ1n) is 20.3. The Kier molecular flexibility index (Phi) is 35.7. The van der Waals surface area contributed by atoms with Gasteiger partial charge in [-0.05, 0) is 12.8 Å². The summed E-state index contributed by atoms with van der Waals surface area (Å²) in [5.41, 5.74) is 0. The number of aliphatic hydroxyl groups is 3. The fraction of sp³-hybridized carbons (Fsp3) is 0.975. The lowest BCUT2D eigenvalue weighted by Crippen LogP contribution is -2.50. The van der Waals surface area contributed by atoms with Crippen LogP contribution >= 0.6 is 0 Å². The molecule has 0 radical (unpaired) electrons. The average molecular weight is 640 g/mol. The Morgan fingerprint density at radius 2 is 0.756 bits per heavy atom. The van der Waals surface area contributed by atoms with Gasteiger partial charge in [0, 0.05) is 6.42 Å². The molecule has 5 nitrogen and oxygen atoms in total. The van der Waals surface area contributed by atoms with Gasteiger partial charge in [0.05, 0.1) is 18.8 Å². The molecule has 0 bridgehead atoms. The van der Waals surface area contributed by atoms with E-state index in [1.54, 1.807) is 0 Å². The van der Waals surface area contributed by atoms with Crippen molar-refractivity contribution in [3.05, 3.63) is 0 Å². The Bertz CT molecular complexity index is 587. The maximum Gasteiger partial charge on any atom is 0.220 e. The van der Waals surface area contributed by atoms with Crippen molar-refractivity contribution in [3.63, 3.8) is 0 Å². The quantitative estimate of drug-likeness (QED) is 0.0509. The number of carbonyl (C=O) groups excluding carboxylic acids is 1. The molecule has 270 valence electrons. The number of hydrogen-bond acceptors (Lipinski definition) is 4. The largest absolute Gasteiger partial charge is 0.394 e. The molecule has 0 rings (SSSR count). The minimum atomic E-state index is -1.13. The zero-order valence-corrected chi connectivity index (χ0v) is 30.5. The lowest BCUT2D eigenvalue weighted by atomic mass is 9.99. The monoisotopic (exact) mass is 640 g/mol. The molecule has 0 heterocycles. The molecule has 4 N–H and O–H groups in total. The summed E-state index contributed by atoms with van der Waals surface area (Å²) in [7, 11) is 0. The molecular formula is C40H81NO4. The van der Waals surface area contributed by atoms with Gasteiger partial charge in [-0.25, -0.2) is 0 Å². The number of rotatable bonds is 37. The van der Waals surface area contributed by atoms with Gasteiger partial charge in [0.2, 0.25) is 5.91 Å². The van der Waals surface area contributed by atoms with Crippen molar-refractivity contribution >= 4 is 5.91 Å². The topological polar surface area (TPSA) is 89.8 Å². The van der Waals surface area contributed by atoms with Gasteiger partial charge in [-0.3, -0.25) is 4.79 Å². The number of hydrogen-bond donors (Lipinski definition) is 4. The Balaban J connectivity index is 3.54. The van der Waals surface area contributed by atoms with Crippen LogP contribution in [0.5, 0.6) is 0 Å². The Labute approximate surface area is 281 Å². The minimum Gasteiger partial charge on any atom is -0.394 e. The van der Waals surface area contributed by atoms with E-state index in [2.05, 4.69) is 19.2 Å². The molecule has 0 aromatic carbocycles. The Morgan fingerprint density at radius 3 is 1.07 bits per heavy atom. The summed E-state index contributed by atoms with van der Waals surface area (Å²) in [5.74, 6) is -0.146. The van der Waals surface area contributed by atoms with E-state index < -0.39 is 18.2 Å². The maximum absolute atomic E-state index is 12.3. The van der Waals surface area contributed by atoms with Crippen LogP contribution in [0.25, 0.3) is 0 Å². The molecule has 1 amide bonds. The first-order chi connectivity index (χ1) is 22.1. The highest BCUT2D eigenvalue weighted by Crippen LogP contribution is 2.17. The first kappa shape index (κ1) is 44.4. The summed E-state index contributed by atoms with van der Waals surface area (Å²) in [6, 6.07) is -0.800. The summed E-state index contributed by atoms with van der Waals surface area (Å²) in [6.07, 6.45) is 39.3. The van der Waals surface area contributed by atoms with Crippen LogP contribution in [0.15, 0.2) is 0 Å². The van der Waals surface area contributed by atoms with Crippen molar-refractivity contribution in [2.24, 2.45) is 0 Å². The fourth-order valence-electron chi connectivity index (χ4n) is 6.52. The standard InChI is InChI=1S/C40H81NO4/c1-3-5-7-9-11-13-14-15-16-17-18-19-20-21-22-23-24-25-27-28-30-32-34-38(43)40(45)37(36-42)41-39(44)35-33-31-29-26-12-10-8-6-4-2/h37-38,40,42-43,45H,3-36H2,1-2H3,(H,41,44). The smallest absolute Gasteiger partial charge is 0.220 e. The van der Waals surface area contributed by atoms with Crippen molar-refractivity contribution in [1.29, 1.82) is 0 Å². The number of carbonyl (C=O) groups is 1. The Hall–Kier alpha value is -0.650. The molecule has 0 aromatic heterocycles. The molecular weight excluding hydrogens is 558 g/mol. The second kappa shape index (κ2) is 36.2. The second-order valence-corrected chi connectivity index (χ2v) is 14.2. The minimum absolute atomic E-state index is 0.146. The zero-order valence-electron chi connectivity index (χ0n) is 30.5. The number of aliphatic hydroxyl groups excluding tert-OH is 3. The molecule has 0 spiro atoms. The summed E-state index contributed by atoms with van der Waals surface area (Å²) in [5, 5.41) is 33.4. The van der Waals surface area contributed by atoms with Crippen LogP contribution in [0.4, 0.5) is 0 Å². The van der Waals surface area contributed by atoms with Crippen molar-refractivity contribution in [2.45, 2.75) is 244 Å². The molecule has 3 atom stereocenters. The summed E-state index contributed by atoms with van der Waals surface area (Å²) >= 11 is 0. The maximum atomic E-state index is 12.3. The molecule has 0 aliphatic rings. The van der Waals surface area contributed by atoms with E-state index in [1.807, 2.05) is 0 Å². The van der Waals surface area contributed by atoms with Crippen LogP contribution in [0.3, 0.4) is 0 Å². The highest BCUT2D eigenvalue weighted by molar-refractivity contribution is 5.76. The number of unbranched alkanes of at least 4 members (excludes halogenated alkanes) is 29. The average Bonchev–Trinajstić information content (AvgIpc) is 3.04. The number of nitrogens with one attached hydrogen (secondary N) is 1. The van der Waals surface area contributed by atoms with E-state index >= 15 is 0 Å². The molecule has 0 fully saturated rings. The van der Waals surface area contributed by atoms with Gasteiger partial charge in [-0.1, -0.05) is 206 Å². The van der Waals surface area contributed by atoms with Crippen molar-refractivity contribution in [1.82, 2.24) is 5.32 Å². The Morgan fingerprint density at radius 1 is 0.467 bits per heavy atom. The summed E-state index contributed by atoms with van der Waals surface area (Å²) < 4.78 is 0. The number of amides is 1. The van der Waals surface area contributed by atoms with Crippen LogP contribution in [0, 0.1) is 0 Å². The molecule has 0 saturated carbocycles. The SMILES string of the molecule is CCCCCCCCCCCCCCCCCCCCCCCCC(O)C(O)C(CO)NC(=O)CCCCCCCCCCC. The van der Waals surface area contributed by atoms with Crippen LogP contribution in [0.1, 0.15) is 226 Å². The van der Waals surface area contributed by atoms with E-state index in [0.29, 0.717) is 12.8 Å². The zero-order chi connectivity index (χ0) is 33.1. The van der Waals surface area contributed by atoms with Crippen molar-refractivity contribution in [3.8, 4) is 0 Å². The van der Waals surface area contributed by atoms with Gasteiger partial charge >= 0.3 is 0 Å². The van der Waals surface area contributed by atoms with Crippen LogP contribution in [-0.2, 0) is 4.79 Å². The highest BCUT2D eigenvalue weighted by Gasteiger charge is 2.26. The van der Waals surface area contributed by atoms with Crippen molar-refractivity contribution < 1.29 is 20.1 Å². The van der Waals surface area contributed by atoms with Crippen LogP contribution in [-0.4, -0.2) is 46.1 Å². The van der Waals surface area contributed by atoms with Gasteiger partial charge in [-0.15, -0.1) is 0 Å². The molecule has 5 heteroatoms. The third-order valence-corrected chi connectivity index (χ3v) is 9.71. The summed E-state index contributed by atoms with van der Waals surface area (Å²) in [6.45, 7) is 4.16. The molecule has 0 aliphatic heterocycles. The van der Waals surface area contributed by atoms with Gasteiger partial charge in [0.25, 0.3) is 0 Å². The van der Waals surface area contributed by atoms with E-state index in [4.69, 9.17) is 0 Å². The second-order valence-electron chi connectivity index (χ2n) is 14.2. The highest BCUT2D eigenvalue weighted by atomic mass is 16.3. The molecule has 0 aliphatic carbocycles. The van der Waals surface area contributed by atoms with Gasteiger partial charge in [0.1, 0.15) is 6.10 Å². The summed E-state index contributed by atoms with van der Waals surface area (Å²) in [4.78, 5) is 12.3. The normalized spacial score (nSPS) is 13.6. The predicted octanol–water partition coefficient (Wildman–Crippen LogP) is 11.1. The van der Waals surface area contributed by atoms with Crippen molar-refractivity contribution in [2.75, 3.05) is 6.61 Å². The van der Waals surface area contributed by atoms with E-state index in [1.165, 1.54) is 167 Å². The predicted molar refractivity (Wildman–Crippen MR) is 195 cm³/mol. The van der Waals surface area contributed by atoms with E-state index in [0.717, 1.165) is 32.1 Å². The molecule has 0 saturated heterocycles. The lowest BCUT2D eigenvalue weighted by molar-refractivity contribution is -0.124. The van der Waals surface area contributed by atoms with E-state index in [9.17, 15) is 20.1 Å². The molecule has 45 heavy (non-hydrogen) atoms. The molecule has 3 unspecified atom stereocenters. The van der Waals surface area contributed by atoms with Gasteiger partial charge < -0.3 is 20.6 Å². The fourth-order valence-corrected chi connectivity index (χ4v) is 6.52. The van der Waals surface area contributed by atoms with Crippen LogP contribution < -0.4 is 5.32 Å². The first-order valence-corrected chi connectivity index (χ1v) is 20.3. The van der Waals surface area contributed by atoms with Gasteiger partial charge in [0.15, 0.2) is 0 Å². The molecule has 0 aromatic rings. The van der Waals surface area contributed by atoms with E-state index in [-0.39, 0.29) is 12.5 Å². The van der Waals surface area contributed by atoms with Crippen LogP contribution in [0.2, 0.25) is 0 Å². The third-order valence-electron chi connectivity index (χ3n) is 9.71. The lowest BCUT2D eigenvalue weighted by Gasteiger charge is -2.26. The van der Waals surface area contributed by atoms with Gasteiger partial charge in [-0.2, -0.15) is 0 Å². The third kappa shape index (κ3) is 31.7.